The van der Waals surface area contributed by atoms with Gasteiger partial charge >= 0.3 is 0 Å². The first-order valence-electron chi connectivity index (χ1n) is 13.8. The molecule has 2 amide bonds. The van der Waals surface area contributed by atoms with Crippen LogP contribution in [-0.4, -0.2) is 50.9 Å². The van der Waals surface area contributed by atoms with E-state index in [-0.39, 0.29) is 17.3 Å². The summed E-state index contributed by atoms with van der Waals surface area (Å²) in [4.78, 5) is 28.5. The molecule has 11 heteroatoms. The lowest BCUT2D eigenvalue weighted by Gasteiger charge is -2.32. The second-order valence-corrected chi connectivity index (χ2v) is 12.5. The van der Waals surface area contributed by atoms with Gasteiger partial charge in [-0.15, -0.1) is 0 Å². The first-order valence-corrected chi connectivity index (χ1v) is 16.0. The van der Waals surface area contributed by atoms with Gasteiger partial charge in [-0.05, 0) is 75.7 Å². The van der Waals surface area contributed by atoms with Crippen LogP contribution in [0.1, 0.15) is 44.7 Å². The summed E-state index contributed by atoms with van der Waals surface area (Å²) < 4.78 is 34.5. The van der Waals surface area contributed by atoms with Crippen LogP contribution in [0, 0.1) is 6.92 Å². The predicted octanol–water partition coefficient (Wildman–Crippen LogP) is 6.23. The first kappa shape index (κ1) is 33.2. The van der Waals surface area contributed by atoms with E-state index in [1.165, 1.54) is 17.0 Å². The van der Waals surface area contributed by atoms with Crippen molar-refractivity contribution in [1.29, 1.82) is 0 Å². The van der Waals surface area contributed by atoms with E-state index in [4.69, 9.17) is 27.9 Å². The molecule has 0 fully saturated rings. The normalized spacial score (nSPS) is 12.0. The summed E-state index contributed by atoms with van der Waals surface area (Å²) in [5, 5.41) is 3.51. The summed E-state index contributed by atoms with van der Waals surface area (Å²) in [6, 6.07) is 16.9. The Morgan fingerprint density at radius 1 is 0.952 bits per heavy atom. The van der Waals surface area contributed by atoms with E-state index in [1.54, 1.807) is 61.5 Å². The van der Waals surface area contributed by atoms with Crippen molar-refractivity contribution in [3.63, 3.8) is 0 Å². The zero-order valence-electron chi connectivity index (χ0n) is 24.3. The van der Waals surface area contributed by atoms with Crippen molar-refractivity contribution in [3.8, 4) is 5.75 Å². The number of nitrogens with one attached hydrogen (secondary N) is 1. The number of nitrogens with zero attached hydrogens (tertiary/aromatic N) is 2. The Kier molecular flexibility index (Phi) is 12.1. The van der Waals surface area contributed by atoms with Crippen molar-refractivity contribution in [3.05, 3.63) is 87.9 Å². The van der Waals surface area contributed by atoms with Gasteiger partial charge in [-0.1, -0.05) is 60.3 Å². The standard InChI is InChI=1S/C31H37Cl2N3O5S/c1-5-7-19-34-31(38)23(4)35(20-27-28(32)9-8-10-29(27)33)30(37)21-36(24-13-11-22(3)12-14-24)42(39,40)26-17-15-25(16-18-26)41-6-2/h8-18,23H,5-7,19-21H2,1-4H3,(H,34,38). The summed E-state index contributed by atoms with van der Waals surface area (Å²) >= 11 is 12.9. The quantitative estimate of drug-likeness (QED) is 0.212. The minimum absolute atomic E-state index is 0.00890. The lowest BCUT2D eigenvalue weighted by Crippen LogP contribution is -2.51. The van der Waals surface area contributed by atoms with Gasteiger partial charge in [-0.25, -0.2) is 8.42 Å². The molecule has 1 N–H and O–H groups in total. The maximum atomic E-state index is 14.0. The number of halogens is 2. The smallest absolute Gasteiger partial charge is 0.264 e. The minimum atomic E-state index is -4.20. The van der Waals surface area contributed by atoms with Crippen LogP contribution in [0.4, 0.5) is 5.69 Å². The molecule has 0 heterocycles. The highest BCUT2D eigenvalue weighted by Gasteiger charge is 2.33. The average molecular weight is 635 g/mol. The number of ether oxygens (including phenoxy) is 1. The molecule has 0 aromatic heterocycles. The molecule has 0 saturated carbocycles. The Morgan fingerprint density at radius 2 is 1.57 bits per heavy atom. The maximum absolute atomic E-state index is 14.0. The Bertz CT molecular complexity index is 1440. The van der Waals surface area contributed by atoms with E-state index >= 15 is 0 Å². The van der Waals surface area contributed by atoms with Gasteiger partial charge in [0, 0.05) is 28.7 Å². The lowest BCUT2D eigenvalue weighted by molar-refractivity contribution is -0.139. The third-order valence-electron chi connectivity index (χ3n) is 6.71. The third-order valence-corrected chi connectivity index (χ3v) is 9.21. The van der Waals surface area contributed by atoms with Crippen LogP contribution in [-0.2, 0) is 26.2 Å². The molecule has 0 spiro atoms. The molecule has 0 saturated heterocycles. The van der Waals surface area contributed by atoms with E-state index in [2.05, 4.69) is 5.32 Å². The summed E-state index contributed by atoms with van der Waals surface area (Å²) in [6.07, 6.45) is 1.67. The molecule has 3 rings (SSSR count). The number of hydrogen-bond donors (Lipinski definition) is 1. The molecule has 0 bridgehead atoms. The van der Waals surface area contributed by atoms with E-state index in [0.717, 1.165) is 22.7 Å². The number of amides is 2. The molecule has 0 aliphatic rings. The van der Waals surface area contributed by atoms with Crippen LogP contribution in [0.2, 0.25) is 10.0 Å². The number of aryl methyl sites for hydroxylation is 1. The molecule has 0 radical (unpaired) electrons. The van der Waals surface area contributed by atoms with E-state index in [0.29, 0.717) is 40.2 Å². The van der Waals surface area contributed by atoms with Crippen molar-refractivity contribution >= 4 is 50.7 Å². The van der Waals surface area contributed by atoms with Crippen LogP contribution in [0.15, 0.2) is 71.6 Å². The van der Waals surface area contributed by atoms with Crippen LogP contribution < -0.4 is 14.4 Å². The number of benzene rings is 3. The van der Waals surface area contributed by atoms with Gasteiger partial charge in [-0.2, -0.15) is 0 Å². The van der Waals surface area contributed by atoms with Gasteiger partial charge in [0.15, 0.2) is 0 Å². The van der Waals surface area contributed by atoms with Crippen LogP contribution in [0.3, 0.4) is 0 Å². The van der Waals surface area contributed by atoms with E-state index in [9.17, 15) is 18.0 Å². The van der Waals surface area contributed by atoms with Gasteiger partial charge < -0.3 is 15.0 Å². The number of anilines is 1. The SMILES string of the molecule is CCCCNC(=O)C(C)N(Cc1c(Cl)cccc1Cl)C(=O)CN(c1ccc(C)cc1)S(=O)(=O)c1ccc(OCC)cc1. The molecule has 1 unspecified atom stereocenters. The topological polar surface area (TPSA) is 96.0 Å². The second-order valence-electron chi connectivity index (χ2n) is 9.79. The molecule has 226 valence electrons. The van der Waals surface area contributed by atoms with E-state index < -0.39 is 28.5 Å². The fourth-order valence-electron chi connectivity index (χ4n) is 4.21. The number of carbonyl (C=O) groups is 2. The molecule has 3 aromatic rings. The number of sulfonamides is 1. The largest absolute Gasteiger partial charge is 0.494 e. The summed E-state index contributed by atoms with van der Waals surface area (Å²) in [7, 11) is -4.20. The van der Waals surface area contributed by atoms with Crippen molar-refractivity contribution in [1.82, 2.24) is 10.2 Å². The van der Waals surface area contributed by atoms with Crippen LogP contribution in [0.25, 0.3) is 0 Å². The van der Waals surface area contributed by atoms with Crippen molar-refractivity contribution in [2.45, 2.75) is 58.0 Å². The highest BCUT2D eigenvalue weighted by atomic mass is 35.5. The second kappa shape index (κ2) is 15.3. The van der Waals surface area contributed by atoms with Gasteiger partial charge in [0.2, 0.25) is 11.8 Å². The maximum Gasteiger partial charge on any atom is 0.264 e. The third kappa shape index (κ3) is 8.40. The molecular formula is C31H37Cl2N3O5S. The van der Waals surface area contributed by atoms with E-state index in [1.807, 2.05) is 20.8 Å². The van der Waals surface area contributed by atoms with Crippen LogP contribution >= 0.6 is 23.2 Å². The molecule has 8 nitrogen and oxygen atoms in total. The lowest BCUT2D eigenvalue weighted by atomic mass is 10.1. The van der Waals surface area contributed by atoms with Gasteiger partial charge in [0.25, 0.3) is 10.0 Å². The van der Waals surface area contributed by atoms with Gasteiger partial charge in [0.1, 0.15) is 18.3 Å². The molecule has 0 aliphatic carbocycles. The minimum Gasteiger partial charge on any atom is -0.494 e. The number of carbonyl (C=O) groups excluding carboxylic acids is 2. The number of hydrogen-bond acceptors (Lipinski definition) is 5. The Labute approximate surface area is 258 Å². The van der Waals surface area contributed by atoms with Crippen molar-refractivity contribution in [2.24, 2.45) is 0 Å². The molecule has 1 atom stereocenters. The highest BCUT2D eigenvalue weighted by Crippen LogP contribution is 2.29. The van der Waals surface area contributed by atoms with Crippen LogP contribution in [0.5, 0.6) is 5.75 Å². The molecular weight excluding hydrogens is 597 g/mol. The summed E-state index contributed by atoms with van der Waals surface area (Å²) in [5.41, 5.74) is 1.69. The Hall–Kier alpha value is -3.27. The molecule has 0 aliphatic heterocycles. The fourth-order valence-corrected chi connectivity index (χ4v) is 6.15. The zero-order valence-corrected chi connectivity index (χ0v) is 26.6. The zero-order chi connectivity index (χ0) is 30.9. The average Bonchev–Trinajstić information content (AvgIpc) is 2.96. The van der Waals surface area contributed by atoms with Gasteiger partial charge in [0.05, 0.1) is 17.2 Å². The molecule has 3 aromatic carbocycles. The molecule has 42 heavy (non-hydrogen) atoms. The predicted molar refractivity (Wildman–Crippen MR) is 168 cm³/mol. The number of unbranched alkanes of at least 4 members (excludes halogenated alkanes) is 1. The fraction of sp³-hybridized carbons (Fsp3) is 0.355. The highest BCUT2D eigenvalue weighted by molar-refractivity contribution is 7.92. The monoisotopic (exact) mass is 633 g/mol. The first-order chi connectivity index (χ1) is 20.0. The summed E-state index contributed by atoms with van der Waals surface area (Å²) in [5.74, 6) is -0.435. The Morgan fingerprint density at radius 3 is 2.14 bits per heavy atom. The number of rotatable bonds is 14. The Balaban J connectivity index is 2.03. The van der Waals surface area contributed by atoms with Gasteiger partial charge in [-0.3, -0.25) is 13.9 Å². The van der Waals surface area contributed by atoms with Crippen molar-refractivity contribution in [2.75, 3.05) is 24.0 Å². The van der Waals surface area contributed by atoms with Crippen molar-refractivity contribution < 1.29 is 22.7 Å². The summed E-state index contributed by atoms with van der Waals surface area (Å²) in [6.45, 7) is 7.56.